The van der Waals surface area contributed by atoms with Crippen LogP contribution in [0.15, 0.2) is 24.3 Å². The topological polar surface area (TPSA) is 80.4 Å². The minimum atomic E-state index is -0.759. The molecule has 5 heteroatoms. The summed E-state index contributed by atoms with van der Waals surface area (Å²) < 4.78 is 0. The van der Waals surface area contributed by atoms with Crippen molar-refractivity contribution in [2.75, 3.05) is 0 Å². The van der Waals surface area contributed by atoms with Crippen LogP contribution in [0.5, 0.6) is 0 Å². The van der Waals surface area contributed by atoms with Gasteiger partial charge in [0.05, 0.1) is 10.8 Å². The van der Waals surface area contributed by atoms with Gasteiger partial charge in [0.2, 0.25) is 0 Å². The van der Waals surface area contributed by atoms with Gasteiger partial charge >= 0.3 is 5.97 Å². The van der Waals surface area contributed by atoms with E-state index in [2.05, 4.69) is 0 Å². The zero-order valence-electron chi connectivity index (χ0n) is 10.6. The van der Waals surface area contributed by atoms with Crippen molar-refractivity contribution in [2.45, 2.75) is 32.1 Å². The van der Waals surface area contributed by atoms with Crippen molar-refractivity contribution in [3.63, 3.8) is 0 Å². The summed E-state index contributed by atoms with van der Waals surface area (Å²) in [7, 11) is 0. The summed E-state index contributed by atoms with van der Waals surface area (Å²) in [6.07, 6.45) is 4.62. The van der Waals surface area contributed by atoms with Crippen LogP contribution >= 0.6 is 0 Å². The molecule has 1 aromatic carbocycles. The predicted molar refractivity (Wildman–Crippen MR) is 69.9 cm³/mol. The SMILES string of the molecule is O=C(O)C(Cc1ccc([N+](=O)[O-])cc1)C1CCCC1. The molecule has 1 fully saturated rings. The summed E-state index contributed by atoms with van der Waals surface area (Å²) >= 11 is 0. The average molecular weight is 263 g/mol. The van der Waals surface area contributed by atoms with Gasteiger partial charge in [-0.2, -0.15) is 0 Å². The number of nitrogens with zero attached hydrogens (tertiary/aromatic N) is 1. The minimum absolute atomic E-state index is 0.0384. The van der Waals surface area contributed by atoms with Gasteiger partial charge in [-0.1, -0.05) is 25.0 Å². The monoisotopic (exact) mass is 263 g/mol. The fraction of sp³-hybridized carbons (Fsp3) is 0.500. The molecule has 0 bridgehead atoms. The van der Waals surface area contributed by atoms with E-state index in [1.54, 1.807) is 12.1 Å². The molecule has 102 valence electrons. The molecule has 1 aromatic rings. The second-order valence-corrected chi connectivity index (χ2v) is 5.12. The second kappa shape index (κ2) is 5.82. The maximum absolute atomic E-state index is 11.4. The Morgan fingerprint density at radius 3 is 2.37 bits per heavy atom. The van der Waals surface area contributed by atoms with Gasteiger partial charge in [0.15, 0.2) is 0 Å². The number of rotatable bonds is 5. The Hall–Kier alpha value is -1.91. The number of carboxylic acid groups (broad SMARTS) is 1. The Kier molecular flexibility index (Phi) is 4.14. The lowest BCUT2D eigenvalue weighted by atomic mass is 9.86. The van der Waals surface area contributed by atoms with Crippen LogP contribution in [-0.2, 0) is 11.2 Å². The van der Waals surface area contributed by atoms with Crippen LogP contribution in [0.4, 0.5) is 5.69 Å². The summed E-state index contributed by atoms with van der Waals surface area (Å²) in [6.45, 7) is 0. The Labute approximate surface area is 111 Å². The first-order valence-electron chi connectivity index (χ1n) is 6.54. The standard InChI is InChI=1S/C14H17NO4/c16-14(17)13(11-3-1-2-4-11)9-10-5-7-12(8-6-10)15(18)19/h5-8,11,13H,1-4,9H2,(H,16,17). The molecule has 1 aliphatic rings. The number of non-ortho nitro benzene ring substituents is 1. The molecular weight excluding hydrogens is 246 g/mol. The number of aliphatic carboxylic acids is 1. The van der Waals surface area contributed by atoms with E-state index >= 15 is 0 Å². The van der Waals surface area contributed by atoms with Crippen molar-refractivity contribution in [1.82, 2.24) is 0 Å². The summed E-state index contributed by atoms with van der Waals surface area (Å²) in [5.74, 6) is -0.887. The Morgan fingerprint density at radius 2 is 1.89 bits per heavy atom. The molecule has 5 nitrogen and oxygen atoms in total. The zero-order valence-corrected chi connectivity index (χ0v) is 10.6. The smallest absolute Gasteiger partial charge is 0.307 e. The van der Waals surface area contributed by atoms with Gasteiger partial charge in [0, 0.05) is 12.1 Å². The highest BCUT2D eigenvalue weighted by molar-refractivity contribution is 5.71. The molecule has 19 heavy (non-hydrogen) atoms. The van der Waals surface area contributed by atoms with Crippen molar-refractivity contribution < 1.29 is 14.8 Å². The molecule has 0 heterocycles. The van der Waals surface area contributed by atoms with E-state index in [4.69, 9.17) is 0 Å². The molecule has 1 N–H and O–H groups in total. The molecule has 0 radical (unpaired) electrons. The first-order valence-corrected chi connectivity index (χ1v) is 6.54. The van der Waals surface area contributed by atoms with Gasteiger partial charge in [0.1, 0.15) is 0 Å². The van der Waals surface area contributed by atoms with E-state index in [0.29, 0.717) is 6.42 Å². The molecular formula is C14H17NO4. The summed E-state index contributed by atoms with van der Waals surface area (Å²) in [6, 6.07) is 6.18. The molecule has 2 rings (SSSR count). The van der Waals surface area contributed by atoms with Crippen molar-refractivity contribution in [3.05, 3.63) is 39.9 Å². The van der Waals surface area contributed by atoms with Gasteiger partial charge in [0.25, 0.3) is 5.69 Å². The largest absolute Gasteiger partial charge is 0.481 e. The third-order valence-electron chi connectivity index (χ3n) is 3.89. The molecule has 0 aliphatic heterocycles. The van der Waals surface area contributed by atoms with Crippen molar-refractivity contribution in [1.29, 1.82) is 0 Å². The van der Waals surface area contributed by atoms with E-state index in [1.165, 1.54) is 12.1 Å². The van der Waals surface area contributed by atoms with Gasteiger partial charge in [-0.05, 0) is 30.7 Å². The highest BCUT2D eigenvalue weighted by Crippen LogP contribution is 2.33. The first-order chi connectivity index (χ1) is 9.08. The molecule has 1 saturated carbocycles. The van der Waals surface area contributed by atoms with Crippen LogP contribution in [-0.4, -0.2) is 16.0 Å². The van der Waals surface area contributed by atoms with Gasteiger partial charge < -0.3 is 5.11 Å². The van der Waals surface area contributed by atoms with Gasteiger partial charge in [-0.15, -0.1) is 0 Å². The quantitative estimate of drug-likeness (QED) is 0.654. The van der Waals surface area contributed by atoms with Gasteiger partial charge in [-0.3, -0.25) is 14.9 Å². The maximum atomic E-state index is 11.4. The molecule has 0 saturated heterocycles. The number of nitro benzene ring substituents is 1. The van der Waals surface area contributed by atoms with E-state index < -0.39 is 10.9 Å². The normalized spacial score (nSPS) is 17.3. The maximum Gasteiger partial charge on any atom is 0.307 e. The number of nitro groups is 1. The number of carboxylic acids is 1. The lowest BCUT2D eigenvalue weighted by Gasteiger charge is -2.19. The van der Waals surface area contributed by atoms with Crippen LogP contribution in [0.3, 0.4) is 0 Å². The Balaban J connectivity index is 2.08. The highest BCUT2D eigenvalue weighted by Gasteiger charge is 2.30. The number of benzene rings is 1. The minimum Gasteiger partial charge on any atom is -0.481 e. The fourth-order valence-electron chi connectivity index (χ4n) is 2.82. The Morgan fingerprint density at radius 1 is 1.32 bits per heavy atom. The molecule has 0 amide bonds. The highest BCUT2D eigenvalue weighted by atomic mass is 16.6. The van der Waals surface area contributed by atoms with Crippen LogP contribution in [0.25, 0.3) is 0 Å². The van der Waals surface area contributed by atoms with E-state index in [0.717, 1.165) is 31.2 Å². The van der Waals surface area contributed by atoms with Crippen LogP contribution in [0, 0.1) is 22.0 Å². The van der Waals surface area contributed by atoms with E-state index in [9.17, 15) is 20.0 Å². The predicted octanol–water partition coefficient (Wildman–Crippen LogP) is 3.03. The number of hydrogen-bond acceptors (Lipinski definition) is 3. The molecule has 1 atom stereocenters. The Bertz CT molecular complexity index is 463. The molecule has 1 unspecified atom stereocenters. The lowest BCUT2D eigenvalue weighted by Crippen LogP contribution is -2.24. The fourth-order valence-corrected chi connectivity index (χ4v) is 2.82. The van der Waals surface area contributed by atoms with Crippen LogP contribution < -0.4 is 0 Å². The van der Waals surface area contributed by atoms with E-state index in [1.807, 2.05) is 0 Å². The first kappa shape index (κ1) is 13.5. The molecule has 0 spiro atoms. The summed E-state index contributed by atoms with van der Waals surface area (Å²) in [4.78, 5) is 21.5. The third-order valence-corrected chi connectivity index (χ3v) is 3.89. The number of hydrogen-bond donors (Lipinski definition) is 1. The van der Waals surface area contributed by atoms with Crippen molar-refractivity contribution in [2.24, 2.45) is 11.8 Å². The second-order valence-electron chi connectivity index (χ2n) is 5.12. The third kappa shape index (κ3) is 3.30. The van der Waals surface area contributed by atoms with Crippen molar-refractivity contribution >= 4 is 11.7 Å². The van der Waals surface area contributed by atoms with Crippen LogP contribution in [0.1, 0.15) is 31.2 Å². The average Bonchev–Trinajstić information content (AvgIpc) is 2.89. The van der Waals surface area contributed by atoms with Crippen LogP contribution in [0.2, 0.25) is 0 Å². The number of carbonyl (C=O) groups is 1. The lowest BCUT2D eigenvalue weighted by molar-refractivity contribution is -0.384. The summed E-state index contributed by atoms with van der Waals surface area (Å²) in [5, 5.41) is 19.9. The zero-order chi connectivity index (χ0) is 13.8. The van der Waals surface area contributed by atoms with E-state index in [-0.39, 0.29) is 17.5 Å². The molecule has 0 aromatic heterocycles. The summed E-state index contributed by atoms with van der Waals surface area (Å²) in [5.41, 5.74) is 0.890. The molecule has 1 aliphatic carbocycles. The van der Waals surface area contributed by atoms with Crippen molar-refractivity contribution in [3.8, 4) is 0 Å². The van der Waals surface area contributed by atoms with Gasteiger partial charge in [-0.25, -0.2) is 0 Å².